The highest BCUT2D eigenvalue weighted by atomic mass is 32.2. The monoisotopic (exact) mass is 248 g/mol. The Kier molecular flexibility index (Phi) is 4.15. The van der Waals surface area contributed by atoms with Gasteiger partial charge in [0.15, 0.2) is 0 Å². The number of hydrogen-bond acceptors (Lipinski definition) is 3. The minimum atomic E-state index is 0.488. The lowest BCUT2D eigenvalue weighted by molar-refractivity contribution is 0.304. The molecule has 0 fully saturated rings. The third-order valence-corrected chi connectivity index (χ3v) is 3.81. The van der Waals surface area contributed by atoms with Crippen LogP contribution in [0.2, 0.25) is 0 Å². The van der Waals surface area contributed by atoms with Crippen molar-refractivity contribution < 1.29 is 9.47 Å². The van der Waals surface area contributed by atoms with Crippen molar-refractivity contribution in [3.63, 3.8) is 0 Å². The molecular formula is C14H16O2S. The van der Waals surface area contributed by atoms with Gasteiger partial charge in [0.1, 0.15) is 11.5 Å². The number of rotatable bonds is 4. The molecule has 17 heavy (non-hydrogen) atoms. The number of allylic oxidation sites excluding steroid dienone is 2. The Balaban J connectivity index is 1.94. The maximum Gasteiger partial charge on any atom is 0.118 e. The average molecular weight is 248 g/mol. The second kappa shape index (κ2) is 5.82. The van der Waals surface area contributed by atoms with Crippen LogP contribution in [0.1, 0.15) is 6.42 Å². The third-order valence-electron chi connectivity index (χ3n) is 2.61. The maximum absolute atomic E-state index is 5.17. The predicted octanol–water partition coefficient (Wildman–Crippen LogP) is 3.65. The Bertz CT molecular complexity index is 420. The highest BCUT2D eigenvalue weighted by Gasteiger charge is 2.10. The van der Waals surface area contributed by atoms with Gasteiger partial charge in [0.05, 0.1) is 14.2 Å². The lowest BCUT2D eigenvalue weighted by atomic mass is 10.2. The lowest BCUT2D eigenvalue weighted by Gasteiger charge is -2.15. The van der Waals surface area contributed by atoms with Crippen LogP contribution < -0.4 is 4.74 Å². The summed E-state index contributed by atoms with van der Waals surface area (Å²) < 4.78 is 10.3. The van der Waals surface area contributed by atoms with Crippen molar-refractivity contribution in [2.24, 2.45) is 0 Å². The van der Waals surface area contributed by atoms with E-state index in [4.69, 9.17) is 9.47 Å². The SMILES string of the molecule is COC1=CCC(Sc2ccc(OC)cc2)C=C1. The predicted molar refractivity (Wildman–Crippen MR) is 71.5 cm³/mol. The van der Waals surface area contributed by atoms with Crippen LogP contribution in [0.4, 0.5) is 0 Å². The second-order valence-corrected chi connectivity index (χ2v) is 5.05. The highest BCUT2D eigenvalue weighted by molar-refractivity contribution is 8.00. The van der Waals surface area contributed by atoms with Crippen molar-refractivity contribution in [1.82, 2.24) is 0 Å². The average Bonchev–Trinajstić information content (AvgIpc) is 2.40. The van der Waals surface area contributed by atoms with Gasteiger partial charge in [-0.05, 0) is 42.8 Å². The largest absolute Gasteiger partial charge is 0.497 e. The Labute approximate surface area is 106 Å². The fourth-order valence-corrected chi connectivity index (χ4v) is 2.64. The Morgan fingerprint density at radius 2 is 1.88 bits per heavy atom. The van der Waals surface area contributed by atoms with Gasteiger partial charge in [-0.3, -0.25) is 0 Å². The van der Waals surface area contributed by atoms with Gasteiger partial charge in [0.25, 0.3) is 0 Å². The number of hydrogen-bond donors (Lipinski definition) is 0. The number of benzene rings is 1. The van der Waals surface area contributed by atoms with E-state index < -0.39 is 0 Å². The molecule has 1 unspecified atom stereocenters. The number of thioether (sulfide) groups is 1. The minimum absolute atomic E-state index is 0.488. The summed E-state index contributed by atoms with van der Waals surface area (Å²) in [6.07, 6.45) is 7.36. The summed E-state index contributed by atoms with van der Waals surface area (Å²) in [6.45, 7) is 0. The van der Waals surface area contributed by atoms with Gasteiger partial charge < -0.3 is 9.47 Å². The summed E-state index contributed by atoms with van der Waals surface area (Å²) in [4.78, 5) is 1.26. The van der Waals surface area contributed by atoms with E-state index in [1.54, 1.807) is 14.2 Å². The van der Waals surface area contributed by atoms with Crippen LogP contribution >= 0.6 is 11.8 Å². The van der Waals surface area contributed by atoms with E-state index in [0.717, 1.165) is 17.9 Å². The van der Waals surface area contributed by atoms with Crippen LogP contribution in [0, 0.1) is 0 Å². The third kappa shape index (κ3) is 3.30. The fraction of sp³-hybridized carbons (Fsp3) is 0.286. The molecule has 2 nitrogen and oxygen atoms in total. The molecule has 1 atom stereocenters. The summed E-state index contributed by atoms with van der Waals surface area (Å²) >= 11 is 1.85. The first-order chi connectivity index (χ1) is 8.31. The first kappa shape index (κ1) is 12.1. The van der Waals surface area contributed by atoms with Crippen molar-refractivity contribution in [2.45, 2.75) is 16.6 Å². The minimum Gasteiger partial charge on any atom is -0.497 e. The van der Waals surface area contributed by atoms with E-state index in [-0.39, 0.29) is 0 Å². The molecule has 1 aliphatic rings. The summed E-state index contributed by atoms with van der Waals surface area (Å²) in [7, 11) is 3.39. The van der Waals surface area contributed by atoms with Gasteiger partial charge in [-0.2, -0.15) is 0 Å². The topological polar surface area (TPSA) is 18.5 Å². The maximum atomic E-state index is 5.17. The van der Waals surface area contributed by atoms with Crippen LogP contribution in [0.15, 0.2) is 53.1 Å². The lowest BCUT2D eigenvalue weighted by Crippen LogP contribution is -2.02. The van der Waals surface area contributed by atoms with Crippen molar-refractivity contribution >= 4 is 11.8 Å². The van der Waals surface area contributed by atoms with Crippen LogP contribution in [0.3, 0.4) is 0 Å². The van der Waals surface area contributed by atoms with Crippen LogP contribution in [0.25, 0.3) is 0 Å². The number of ether oxygens (including phenoxy) is 2. The summed E-state index contributed by atoms with van der Waals surface area (Å²) in [5, 5.41) is 0.488. The smallest absolute Gasteiger partial charge is 0.118 e. The molecule has 0 heterocycles. The van der Waals surface area contributed by atoms with Gasteiger partial charge in [-0.15, -0.1) is 11.8 Å². The van der Waals surface area contributed by atoms with E-state index in [2.05, 4.69) is 24.3 Å². The van der Waals surface area contributed by atoms with E-state index in [1.165, 1.54) is 4.90 Å². The van der Waals surface area contributed by atoms with E-state index in [9.17, 15) is 0 Å². The van der Waals surface area contributed by atoms with Gasteiger partial charge in [0, 0.05) is 10.1 Å². The molecule has 1 aromatic rings. The molecule has 0 amide bonds. The quantitative estimate of drug-likeness (QED) is 0.810. The van der Waals surface area contributed by atoms with Crippen molar-refractivity contribution in [3.8, 4) is 5.75 Å². The standard InChI is InChI=1S/C14H16O2S/c1-15-11-3-7-13(8-4-11)17-14-9-5-12(16-2)6-10-14/h3-9,14H,10H2,1-2H3. The fourth-order valence-electron chi connectivity index (χ4n) is 1.65. The molecule has 0 spiro atoms. The first-order valence-electron chi connectivity index (χ1n) is 5.55. The molecule has 0 N–H and O–H groups in total. The van der Waals surface area contributed by atoms with Crippen LogP contribution in [-0.4, -0.2) is 19.5 Å². The molecule has 0 aromatic heterocycles. The molecule has 1 aliphatic carbocycles. The molecule has 2 rings (SSSR count). The summed E-state index contributed by atoms with van der Waals surface area (Å²) in [5.74, 6) is 1.85. The van der Waals surface area contributed by atoms with E-state index in [0.29, 0.717) is 5.25 Å². The molecule has 0 saturated carbocycles. The van der Waals surface area contributed by atoms with Crippen LogP contribution in [0.5, 0.6) is 5.75 Å². The zero-order chi connectivity index (χ0) is 12.1. The second-order valence-electron chi connectivity index (χ2n) is 3.74. The van der Waals surface area contributed by atoms with Gasteiger partial charge in [-0.1, -0.05) is 6.08 Å². The van der Waals surface area contributed by atoms with Gasteiger partial charge in [0.2, 0.25) is 0 Å². The Morgan fingerprint density at radius 3 is 2.41 bits per heavy atom. The van der Waals surface area contributed by atoms with Crippen LogP contribution in [-0.2, 0) is 4.74 Å². The molecule has 1 aromatic carbocycles. The highest BCUT2D eigenvalue weighted by Crippen LogP contribution is 2.30. The molecule has 0 radical (unpaired) electrons. The van der Waals surface area contributed by atoms with E-state index >= 15 is 0 Å². The van der Waals surface area contributed by atoms with E-state index in [1.807, 2.05) is 30.0 Å². The summed E-state index contributed by atoms with van der Waals surface area (Å²) in [6, 6.07) is 8.16. The number of methoxy groups -OCH3 is 2. The van der Waals surface area contributed by atoms with Crippen molar-refractivity contribution in [3.05, 3.63) is 48.3 Å². The zero-order valence-electron chi connectivity index (χ0n) is 10.1. The molecule has 0 saturated heterocycles. The molecular weight excluding hydrogens is 232 g/mol. The van der Waals surface area contributed by atoms with Crippen molar-refractivity contribution in [1.29, 1.82) is 0 Å². The normalized spacial score (nSPS) is 18.7. The molecule has 3 heteroatoms. The Morgan fingerprint density at radius 1 is 1.12 bits per heavy atom. The summed E-state index contributed by atoms with van der Waals surface area (Å²) in [5.41, 5.74) is 0. The zero-order valence-corrected chi connectivity index (χ0v) is 10.9. The van der Waals surface area contributed by atoms with Crippen molar-refractivity contribution in [2.75, 3.05) is 14.2 Å². The van der Waals surface area contributed by atoms with Gasteiger partial charge >= 0.3 is 0 Å². The molecule has 0 bridgehead atoms. The first-order valence-corrected chi connectivity index (χ1v) is 6.43. The van der Waals surface area contributed by atoms with Gasteiger partial charge in [-0.25, -0.2) is 0 Å². The molecule has 0 aliphatic heterocycles. The molecule has 90 valence electrons. The Hall–Kier alpha value is -1.35.